The summed E-state index contributed by atoms with van der Waals surface area (Å²) in [7, 11) is 0. The predicted octanol–water partition coefficient (Wildman–Crippen LogP) is 4.02. The first-order chi connectivity index (χ1) is 12.1. The molecule has 1 saturated heterocycles. The van der Waals surface area contributed by atoms with Gasteiger partial charge in [-0.25, -0.2) is 0 Å². The fraction of sp³-hybridized carbons (Fsp3) is 0.263. The summed E-state index contributed by atoms with van der Waals surface area (Å²) in [4.78, 5) is 16.5. The van der Waals surface area contributed by atoms with E-state index in [9.17, 15) is 10.1 Å². The molecule has 0 N–H and O–H groups in total. The number of benzene rings is 2. The Morgan fingerprint density at radius 3 is 2.24 bits per heavy atom. The van der Waals surface area contributed by atoms with E-state index in [0.717, 1.165) is 5.56 Å². The van der Waals surface area contributed by atoms with E-state index >= 15 is 0 Å². The van der Waals surface area contributed by atoms with Crippen molar-refractivity contribution in [3.05, 3.63) is 69.7 Å². The van der Waals surface area contributed by atoms with Crippen LogP contribution in [0.4, 0.5) is 0 Å². The van der Waals surface area contributed by atoms with E-state index in [4.69, 9.17) is 23.2 Å². The van der Waals surface area contributed by atoms with Crippen molar-refractivity contribution in [3.8, 4) is 6.07 Å². The van der Waals surface area contributed by atoms with Gasteiger partial charge in [0.15, 0.2) is 0 Å². The number of carbonyl (C=O) groups excluding carboxylic acids is 1. The Labute approximate surface area is 157 Å². The number of nitriles is 1. The summed E-state index contributed by atoms with van der Waals surface area (Å²) in [5, 5.41) is 10.7. The van der Waals surface area contributed by atoms with Crippen molar-refractivity contribution < 1.29 is 4.79 Å². The normalized spacial score (nSPS) is 16.3. The predicted molar refractivity (Wildman–Crippen MR) is 98.7 cm³/mol. The molecule has 1 aliphatic heterocycles. The molecule has 2 aromatic rings. The van der Waals surface area contributed by atoms with Crippen LogP contribution in [0.25, 0.3) is 0 Å². The van der Waals surface area contributed by atoms with E-state index in [1.54, 1.807) is 35.2 Å². The number of amides is 1. The van der Waals surface area contributed by atoms with Crippen molar-refractivity contribution in [3.63, 3.8) is 0 Å². The SMILES string of the molecule is N#CC(c1cccc(Cl)c1)N1CCN(C(=O)c2cccc(Cl)c2)CC1. The second kappa shape index (κ2) is 7.88. The van der Waals surface area contributed by atoms with Crippen molar-refractivity contribution in [2.75, 3.05) is 26.2 Å². The van der Waals surface area contributed by atoms with Crippen molar-refractivity contribution in [2.24, 2.45) is 0 Å². The highest BCUT2D eigenvalue weighted by Gasteiger charge is 2.27. The van der Waals surface area contributed by atoms with Crippen molar-refractivity contribution in [2.45, 2.75) is 6.04 Å². The molecule has 0 radical (unpaired) electrons. The molecule has 1 unspecified atom stereocenters. The molecular formula is C19H17Cl2N3O. The van der Waals surface area contributed by atoms with Gasteiger partial charge in [0, 0.05) is 41.8 Å². The molecule has 0 spiro atoms. The van der Waals surface area contributed by atoms with Crippen LogP contribution in [0.2, 0.25) is 10.0 Å². The van der Waals surface area contributed by atoms with Crippen LogP contribution in [0.5, 0.6) is 0 Å². The lowest BCUT2D eigenvalue weighted by molar-refractivity contribution is 0.0606. The minimum atomic E-state index is -0.359. The maximum absolute atomic E-state index is 12.6. The van der Waals surface area contributed by atoms with Crippen LogP contribution in [0, 0.1) is 11.3 Å². The zero-order chi connectivity index (χ0) is 17.8. The number of carbonyl (C=O) groups is 1. The smallest absolute Gasteiger partial charge is 0.253 e. The molecule has 0 saturated carbocycles. The van der Waals surface area contributed by atoms with Crippen molar-refractivity contribution >= 4 is 29.1 Å². The van der Waals surface area contributed by atoms with E-state index in [-0.39, 0.29) is 11.9 Å². The Hall–Kier alpha value is -2.06. The van der Waals surface area contributed by atoms with Crippen LogP contribution in [-0.4, -0.2) is 41.9 Å². The molecular weight excluding hydrogens is 357 g/mol. The van der Waals surface area contributed by atoms with Gasteiger partial charge in [0.25, 0.3) is 5.91 Å². The fourth-order valence-corrected chi connectivity index (χ4v) is 3.42. The second-order valence-corrected chi connectivity index (χ2v) is 6.80. The summed E-state index contributed by atoms with van der Waals surface area (Å²) in [6.07, 6.45) is 0. The van der Waals surface area contributed by atoms with Gasteiger partial charge in [-0.1, -0.05) is 41.4 Å². The molecule has 128 valence electrons. The zero-order valence-electron chi connectivity index (χ0n) is 13.5. The molecule has 0 aromatic heterocycles. The molecule has 1 amide bonds. The Kier molecular flexibility index (Phi) is 5.60. The second-order valence-electron chi connectivity index (χ2n) is 5.93. The van der Waals surface area contributed by atoms with Crippen LogP contribution in [0.1, 0.15) is 22.0 Å². The van der Waals surface area contributed by atoms with E-state index in [2.05, 4.69) is 11.0 Å². The molecule has 6 heteroatoms. The molecule has 2 aromatic carbocycles. The topological polar surface area (TPSA) is 47.3 Å². The molecule has 1 heterocycles. The fourth-order valence-electron chi connectivity index (χ4n) is 3.03. The van der Waals surface area contributed by atoms with Crippen molar-refractivity contribution in [1.82, 2.24) is 9.80 Å². The van der Waals surface area contributed by atoms with E-state index in [1.807, 2.05) is 18.2 Å². The molecule has 3 rings (SSSR count). The quantitative estimate of drug-likeness (QED) is 0.816. The van der Waals surface area contributed by atoms with Gasteiger partial charge in [0.2, 0.25) is 0 Å². The van der Waals surface area contributed by atoms with Crippen LogP contribution < -0.4 is 0 Å². The number of hydrogen-bond donors (Lipinski definition) is 0. The van der Waals surface area contributed by atoms with Gasteiger partial charge in [-0.15, -0.1) is 0 Å². The van der Waals surface area contributed by atoms with Crippen molar-refractivity contribution in [1.29, 1.82) is 5.26 Å². The number of hydrogen-bond acceptors (Lipinski definition) is 3. The average Bonchev–Trinajstić information content (AvgIpc) is 2.62. The van der Waals surface area contributed by atoms with E-state index in [0.29, 0.717) is 41.8 Å². The van der Waals surface area contributed by atoms with Gasteiger partial charge >= 0.3 is 0 Å². The Morgan fingerprint density at radius 1 is 1.00 bits per heavy atom. The van der Waals surface area contributed by atoms with Crippen LogP contribution in [0.3, 0.4) is 0 Å². The third kappa shape index (κ3) is 4.13. The maximum atomic E-state index is 12.6. The first-order valence-electron chi connectivity index (χ1n) is 8.02. The monoisotopic (exact) mass is 373 g/mol. The van der Waals surface area contributed by atoms with E-state index in [1.165, 1.54) is 0 Å². The Bertz CT molecular complexity index is 810. The number of rotatable bonds is 3. The van der Waals surface area contributed by atoms with Gasteiger partial charge in [0.1, 0.15) is 6.04 Å². The maximum Gasteiger partial charge on any atom is 0.253 e. The van der Waals surface area contributed by atoms with Gasteiger partial charge in [-0.3, -0.25) is 9.69 Å². The van der Waals surface area contributed by atoms with Gasteiger partial charge < -0.3 is 4.90 Å². The number of halogens is 2. The Morgan fingerprint density at radius 2 is 1.64 bits per heavy atom. The van der Waals surface area contributed by atoms with Gasteiger partial charge in [-0.05, 0) is 35.9 Å². The first kappa shape index (κ1) is 17.8. The summed E-state index contributed by atoms with van der Waals surface area (Å²) in [5.74, 6) is -0.0292. The number of nitrogens with zero attached hydrogens (tertiary/aromatic N) is 3. The van der Waals surface area contributed by atoms with Gasteiger partial charge in [-0.2, -0.15) is 5.26 Å². The highest BCUT2D eigenvalue weighted by atomic mass is 35.5. The lowest BCUT2D eigenvalue weighted by Crippen LogP contribution is -2.49. The standard InChI is InChI=1S/C19H17Cl2N3O/c20-16-5-1-3-14(11-16)18(13-22)23-7-9-24(10-8-23)19(25)15-4-2-6-17(21)12-15/h1-6,11-12,18H,7-10H2. The summed E-state index contributed by atoms with van der Waals surface area (Å²) in [6.45, 7) is 2.42. The molecule has 4 nitrogen and oxygen atoms in total. The summed E-state index contributed by atoms with van der Waals surface area (Å²) >= 11 is 12.0. The molecule has 1 atom stereocenters. The largest absolute Gasteiger partial charge is 0.336 e. The summed E-state index contributed by atoms with van der Waals surface area (Å²) in [5.41, 5.74) is 1.47. The zero-order valence-corrected chi connectivity index (χ0v) is 15.0. The lowest BCUT2D eigenvalue weighted by Gasteiger charge is -2.37. The first-order valence-corrected chi connectivity index (χ1v) is 8.78. The molecule has 25 heavy (non-hydrogen) atoms. The Balaban J connectivity index is 1.67. The van der Waals surface area contributed by atoms with Crippen LogP contribution in [0.15, 0.2) is 48.5 Å². The molecule has 0 bridgehead atoms. The minimum absolute atomic E-state index is 0.0292. The summed E-state index contributed by atoms with van der Waals surface area (Å²) < 4.78 is 0. The molecule has 1 fully saturated rings. The summed E-state index contributed by atoms with van der Waals surface area (Å²) in [6, 6.07) is 16.3. The van der Waals surface area contributed by atoms with Gasteiger partial charge in [0.05, 0.1) is 6.07 Å². The minimum Gasteiger partial charge on any atom is -0.336 e. The van der Waals surface area contributed by atoms with E-state index < -0.39 is 0 Å². The third-order valence-electron chi connectivity index (χ3n) is 4.32. The molecule has 0 aliphatic carbocycles. The van der Waals surface area contributed by atoms with Crippen LogP contribution in [-0.2, 0) is 0 Å². The third-order valence-corrected chi connectivity index (χ3v) is 4.80. The number of piperazine rings is 1. The highest BCUT2D eigenvalue weighted by Crippen LogP contribution is 2.24. The average molecular weight is 374 g/mol. The highest BCUT2D eigenvalue weighted by molar-refractivity contribution is 6.31. The molecule has 1 aliphatic rings. The van der Waals surface area contributed by atoms with Crippen LogP contribution >= 0.6 is 23.2 Å². The lowest BCUT2D eigenvalue weighted by atomic mass is 10.1.